The van der Waals surface area contributed by atoms with Gasteiger partial charge in [-0.2, -0.15) is 0 Å². The first-order valence-corrected chi connectivity index (χ1v) is 8.89. The van der Waals surface area contributed by atoms with Crippen LogP contribution in [0.4, 0.5) is 5.13 Å². The molecule has 1 aromatic heterocycles. The normalized spacial score (nSPS) is 18.3. The number of nitrogens with zero attached hydrogens (tertiary/aromatic N) is 2. The molecule has 1 aliphatic heterocycles. The summed E-state index contributed by atoms with van der Waals surface area (Å²) < 4.78 is 0. The quantitative estimate of drug-likeness (QED) is 0.860. The zero-order valence-corrected chi connectivity index (χ0v) is 15.1. The van der Waals surface area contributed by atoms with E-state index in [1.165, 1.54) is 11.3 Å². The molecular weight excluding hydrogens is 312 g/mol. The highest BCUT2D eigenvalue weighted by atomic mass is 32.1. The van der Waals surface area contributed by atoms with Crippen molar-refractivity contribution in [2.75, 3.05) is 25.5 Å². The van der Waals surface area contributed by atoms with E-state index in [4.69, 9.17) is 0 Å². The Morgan fingerprint density at radius 3 is 2.83 bits per heavy atom. The highest BCUT2D eigenvalue weighted by molar-refractivity contribution is 7.13. The van der Waals surface area contributed by atoms with E-state index in [2.05, 4.69) is 15.6 Å². The first-order valence-electron chi connectivity index (χ1n) is 8.01. The van der Waals surface area contributed by atoms with Gasteiger partial charge in [0.2, 0.25) is 11.8 Å². The molecule has 1 unspecified atom stereocenters. The molecular formula is C16H26N4O2S. The van der Waals surface area contributed by atoms with Gasteiger partial charge in [0, 0.05) is 29.9 Å². The number of hydrogen-bond donors (Lipinski definition) is 2. The van der Waals surface area contributed by atoms with E-state index in [1.807, 2.05) is 38.1 Å². The molecule has 128 valence electrons. The van der Waals surface area contributed by atoms with E-state index >= 15 is 0 Å². The summed E-state index contributed by atoms with van der Waals surface area (Å²) in [5.74, 6) is 0.0418. The minimum atomic E-state index is -0.461. The molecule has 0 aliphatic carbocycles. The van der Waals surface area contributed by atoms with Gasteiger partial charge in [-0.1, -0.05) is 20.8 Å². The van der Waals surface area contributed by atoms with Gasteiger partial charge in [0.25, 0.3) is 0 Å². The minimum absolute atomic E-state index is 0.0710. The summed E-state index contributed by atoms with van der Waals surface area (Å²) in [6.07, 6.45) is 2.40. The van der Waals surface area contributed by atoms with Gasteiger partial charge in [0.15, 0.2) is 5.13 Å². The van der Waals surface area contributed by atoms with Crippen LogP contribution in [-0.2, 0) is 16.0 Å². The van der Waals surface area contributed by atoms with E-state index in [0.29, 0.717) is 11.6 Å². The van der Waals surface area contributed by atoms with E-state index in [9.17, 15) is 9.59 Å². The first-order chi connectivity index (χ1) is 10.8. The Hall–Kier alpha value is -1.47. The van der Waals surface area contributed by atoms with Crippen molar-refractivity contribution in [1.82, 2.24) is 15.2 Å². The molecule has 2 heterocycles. The number of rotatable bonds is 5. The number of aromatic nitrogens is 1. The van der Waals surface area contributed by atoms with Crippen molar-refractivity contribution in [1.29, 1.82) is 0 Å². The second-order valence-corrected chi connectivity index (χ2v) is 7.82. The van der Waals surface area contributed by atoms with Gasteiger partial charge in [0.05, 0.1) is 12.1 Å². The van der Waals surface area contributed by atoms with Crippen molar-refractivity contribution in [3.05, 3.63) is 11.1 Å². The predicted octanol–water partition coefficient (Wildman–Crippen LogP) is 1.88. The molecule has 1 aromatic rings. The highest BCUT2D eigenvalue weighted by Crippen LogP contribution is 2.22. The number of thiazole rings is 1. The summed E-state index contributed by atoms with van der Waals surface area (Å²) in [5.41, 5.74) is 0.261. The van der Waals surface area contributed by atoms with Crippen molar-refractivity contribution in [3.63, 3.8) is 0 Å². The molecule has 1 atom stereocenters. The molecule has 2 amide bonds. The average Bonchev–Trinajstić information content (AvgIpc) is 3.07. The predicted molar refractivity (Wildman–Crippen MR) is 92.6 cm³/mol. The van der Waals surface area contributed by atoms with Crippen LogP contribution in [0.1, 0.15) is 39.3 Å². The van der Waals surface area contributed by atoms with E-state index in [1.54, 1.807) is 0 Å². The molecule has 0 saturated carbocycles. The maximum Gasteiger partial charge on any atom is 0.231 e. The van der Waals surface area contributed by atoms with Crippen LogP contribution in [0.2, 0.25) is 0 Å². The van der Waals surface area contributed by atoms with Crippen molar-refractivity contribution in [2.45, 2.75) is 46.1 Å². The molecule has 2 rings (SSSR count). The highest BCUT2D eigenvalue weighted by Gasteiger charge is 2.28. The number of likely N-dealkylation sites (N-methyl/N-ethyl adjacent to an activating group) is 1. The number of nitrogens with one attached hydrogen (secondary N) is 2. The Labute approximate surface area is 141 Å². The molecule has 7 heteroatoms. The lowest BCUT2D eigenvalue weighted by Gasteiger charge is -2.24. The van der Waals surface area contributed by atoms with Crippen molar-refractivity contribution >= 4 is 28.3 Å². The molecule has 0 radical (unpaired) electrons. The van der Waals surface area contributed by atoms with Gasteiger partial charge < -0.3 is 15.5 Å². The Morgan fingerprint density at radius 2 is 2.17 bits per heavy atom. The average molecular weight is 338 g/mol. The Kier molecular flexibility index (Phi) is 5.75. The van der Waals surface area contributed by atoms with Gasteiger partial charge >= 0.3 is 0 Å². The third-order valence-electron chi connectivity index (χ3n) is 3.92. The summed E-state index contributed by atoms with van der Waals surface area (Å²) in [5, 5.41) is 8.35. The lowest BCUT2D eigenvalue weighted by atomic mass is 9.96. The maximum absolute atomic E-state index is 12.5. The largest absolute Gasteiger partial charge is 0.338 e. The fourth-order valence-corrected chi connectivity index (χ4v) is 3.30. The number of carbonyl (C=O) groups excluding carboxylic acids is 2. The zero-order valence-electron chi connectivity index (χ0n) is 14.3. The van der Waals surface area contributed by atoms with E-state index < -0.39 is 5.41 Å². The fourth-order valence-electron chi connectivity index (χ4n) is 2.60. The molecule has 1 saturated heterocycles. The fraction of sp³-hybridized carbons (Fsp3) is 0.688. The summed E-state index contributed by atoms with van der Waals surface area (Å²) >= 11 is 1.36. The lowest BCUT2D eigenvalue weighted by Crippen LogP contribution is -2.41. The molecule has 0 spiro atoms. The molecule has 0 bridgehead atoms. The Balaban J connectivity index is 1.93. The zero-order chi connectivity index (χ0) is 17.0. The standard InChI is InChI=1S/C16H26N4O2S/c1-16(2,3)14(22)19-15-18-11(10-23-15)8-13(21)20-7-5-6-12(20)9-17-4/h10,12,17H,5-9H2,1-4H3,(H,18,19,22). The van der Waals surface area contributed by atoms with Crippen LogP contribution in [0.25, 0.3) is 0 Å². The van der Waals surface area contributed by atoms with Gasteiger partial charge in [-0.05, 0) is 19.9 Å². The molecule has 2 N–H and O–H groups in total. The van der Waals surface area contributed by atoms with E-state index in [0.717, 1.165) is 31.6 Å². The summed E-state index contributed by atoms with van der Waals surface area (Å²) in [6, 6.07) is 0.284. The molecule has 1 fully saturated rings. The van der Waals surface area contributed by atoms with Gasteiger partial charge in [-0.3, -0.25) is 9.59 Å². The SMILES string of the molecule is CNCC1CCCN1C(=O)Cc1csc(NC(=O)C(C)(C)C)n1. The van der Waals surface area contributed by atoms with Gasteiger partial charge in [0.1, 0.15) is 0 Å². The topological polar surface area (TPSA) is 74.3 Å². The van der Waals surface area contributed by atoms with Crippen LogP contribution in [0.3, 0.4) is 0 Å². The van der Waals surface area contributed by atoms with Crippen LogP contribution in [0, 0.1) is 5.41 Å². The van der Waals surface area contributed by atoms with Crippen molar-refractivity contribution in [3.8, 4) is 0 Å². The number of amides is 2. The van der Waals surface area contributed by atoms with Crippen molar-refractivity contribution in [2.24, 2.45) is 5.41 Å². The molecule has 23 heavy (non-hydrogen) atoms. The van der Waals surface area contributed by atoms with Gasteiger partial charge in [-0.25, -0.2) is 4.98 Å². The third kappa shape index (κ3) is 4.75. The third-order valence-corrected chi connectivity index (χ3v) is 4.73. The molecule has 6 nitrogen and oxygen atoms in total. The minimum Gasteiger partial charge on any atom is -0.338 e. The molecule has 0 aromatic carbocycles. The van der Waals surface area contributed by atoms with Crippen LogP contribution < -0.4 is 10.6 Å². The second-order valence-electron chi connectivity index (χ2n) is 6.97. The molecule has 1 aliphatic rings. The van der Waals surface area contributed by atoms with Crippen LogP contribution in [0.15, 0.2) is 5.38 Å². The summed E-state index contributed by atoms with van der Waals surface area (Å²) in [4.78, 5) is 30.7. The Morgan fingerprint density at radius 1 is 1.43 bits per heavy atom. The van der Waals surface area contributed by atoms with E-state index in [-0.39, 0.29) is 17.9 Å². The van der Waals surface area contributed by atoms with Crippen molar-refractivity contribution < 1.29 is 9.59 Å². The Bertz CT molecular complexity index is 565. The van der Waals surface area contributed by atoms with Crippen LogP contribution in [0.5, 0.6) is 0 Å². The van der Waals surface area contributed by atoms with Crippen LogP contribution >= 0.6 is 11.3 Å². The first kappa shape index (κ1) is 17.9. The smallest absolute Gasteiger partial charge is 0.231 e. The summed E-state index contributed by atoms with van der Waals surface area (Å²) in [7, 11) is 1.91. The van der Waals surface area contributed by atoms with Gasteiger partial charge in [-0.15, -0.1) is 11.3 Å². The number of anilines is 1. The monoisotopic (exact) mass is 338 g/mol. The number of carbonyl (C=O) groups is 2. The second kappa shape index (κ2) is 7.40. The number of hydrogen-bond acceptors (Lipinski definition) is 5. The maximum atomic E-state index is 12.5. The number of likely N-dealkylation sites (tertiary alicyclic amines) is 1. The van der Waals surface area contributed by atoms with Crippen LogP contribution in [-0.4, -0.2) is 47.9 Å². The lowest BCUT2D eigenvalue weighted by molar-refractivity contribution is -0.131. The summed E-state index contributed by atoms with van der Waals surface area (Å²) in [6.45, 7) is 7.22.